The van der Waals surface area contributed by atoms with Crippen molar-refractivity contribution in [2.45, 2.75) is 46.3 Å². The van der Waals surface area contributed by atoms with E-state index in [-0.39, 0.29) is 11.8 Å². The summed E-state index contributed by atoms with van der Waals surface area (Å²) < 4.78 is 5.94. The van der Waals surface area contributed by atoms with Gasteiger partial charge in [-0.2, -0.15) is 0 Å². The lowest BCUT2D eigenvalue weighted by Crippen LogP contribution is -2.50. The number of carbonyl (C=O) groups is 1. The van der Waals surface area contributed by atoms with Crippen LogP contribution in [0.5, 0.6) is 5.75 Å². The van der Waals surface area contributed by atoms with Gasteiger partial charge in [-0.25, -0.2) is 0 Å². The molecule has 0 aliphatic carbocycles. The van der Waals surface area contributed by atoms with Gasteiger partial charge in [0.1, 0.15) is 11.4 Å². The zero-order valence-electron chi connectivity index (χ0n) is 12.8. The smallest absolute Gasteiger partial charge is 0.229 e. The van der Waals surface area contributed by atoms with Crippen LogP contribution in [0.25, 0.3) is 0 Å². The van der Waals surface area contributed by atoms with Crippen molar-refractivity contribution < 1.29 is 14.6 Å². The Kier molecular flexibility index (Phi) is 3.78. The molecule has 1 atom stereocenters. The van der Waals surface area contributed by atoms with Gasteiger partial charge in [0.25, 0.3) is 0 Å². The predicted octanol–water partition coefficient (Wildman–Crippen LogP) is 2.90. The van der Waals surface area contributed by atoms with E-state index in [0.717, 1.165) is 11.3 Å². The molecule has 0 saturated carbocycles. The molecule has 4 nitrogen and oxygen atoms in total. The summed E-state index contributed by atoms with van der Waals surface area (Å²) in [5, 5.41) is 9.72. The molecule has 1 N–H and O–H groups in total. The molecule has 0 aromatic heterocycles. The molecule has 0 spiro atoms. The third-order valence-electron chi connectivity index (χ3n) is 3.44. The molecule has 0 radical (unpaired) electrons. The van der Waals surface area contributed by atoms with E-state index < -0.39 is 11.7 Å². The van der Waals surface area contributed by atoms with E-state index >= 15 is 0 Å². The van der Waals surface area contributed by atoms with Gasteiger partial charge in [-0.1, -0.05) is 19.9 Å². The van der Waals surface area contributed by atoms with E-state index in [1.807, 2.05) is 45.9 Å². The SMILES string of the molecule is CC(C)C(=O)N1CC(C)(C)Oc2ccc(C(C)O)cc21. The van der Waals surface area contributed by atoms with E-state index in [4.69, 9.17) is 4.74 Å². The second kappa shape index (κ2) is 5.09. The van der Waals surface area contributed by atoms with Gasteiger partial charge in [0.15, 0.2) is 0 Å². The van der Waals surface area contributed by atoms with Gasteiger partial charge in [0, 0.05) is 5.92 Å². The van der Waals surface area contributed by atoms with Crippen molar-refractivity contribution in [1.82, 2.24) is 0 Å². The third kappa shape index (κ3) is 2.80. The summed E-state index contributed by atoms with van der Waals surface area (Å²) in [4.78, 5) is 14.2. The van der Waals surface area contributed by atoms with Crippen LogP contribution >= 0.6 is 0 Å². The Bertz CT molecular complexity index is 520. The summed E-state index contributed by atoms with van der Waals surface area (Å²) in [6.07, 6.45) is -0.564. The Morgan fingerprint density at radius 2 is 2.00 bits per heavy atom. The van der Waals surface area contributed by atoms with E-state index in [2.05, 4.69) is 0 Å². The third-order valence-corrected chi connectivity index (χ3v) is 3.44. The van der Waals surface area contributed by atoms with Crippen LogP contribution in [0.4, 0.5) is 5.69 Å². The predicted molar refractivity (Wildman–Crippen MR) is 79.0 cm³/mol. The summed E-state index contributed by atoms with van der Waals surface area (Å²) in [6.45, 7) is 9.95. The first-order valence-corrected chi connectivity index (χ1v) is 7.04. The molecule has 1 heterocycles. The van der Waals surface area contributed by atoms with Gasteiger partial charge in [0.2, 0.25) is 5.91 Å². The first-order chi connectivity index (χ1) is 9.21. The highest BCUT2D eigenvalue weighted by atomic mass is 16.5. The van der Waals surface area contributed by atoms with Crippen LogP contribution in [0.3, 0.4) is 0 Å². The van der Waals surface area contributed by atoms with Gasteiger partial charge in [-0.05, 0) is 38.5 Å². The van der Waals surface area contributed by atoms with E-state index in [9.17, 15) is 9.90 Å². The van der Waals surface area contributed by atoms with Gasteiger partial charge in [-0.3, -0.25) is 4.79 Å². The molecule has 1 amide bonds. The molecular formula is C16H23NO3. The van der Waals surface area contributed by atoms with Gasteiger partial charge < -0.3 is 14.7 Å². The zero-order valence-corrected chi connectivity index (χ0v) is 12.8. The molecule has 1 aromatic rings. The maximum Gasteiger partial charge on any atom is 0.229 e. The average molecular weight is 277 g/mol. The Morgan fingerprint density at radius 3 is 2.55 bits per heavy atom. The fourth-order valence-electron chi connectivity index (χ4n) is 2.40. The molecule has 1 aromatic carbocycles. The Hall–Kier alpha value is -1.55. The maximum absolute atomic E-state index is 12.4. The summed E-state index contributed by atoms with van der Waals surface area (Å²) in [7, 11) is 0. The Labute approximate surface area is 120 Å². The maximum atomic E-state index is 12.4. The van der Waals surface area contributed by atoms with Gasteiger partial charge in [-0.15, -0.1) is 0 Å². The van der Waals surface area contributed by atoms with Crippen molar-refractivity contribution in [3.05, 3.63) is 23.8 Å². The van der Waals surface area contributed by atoms with Crippen molar-refractivity contribution in [3.63, 3.8) is 0 Å². The van der Waals surface area contributed by atoms with Crippen LogP contribution in [0.2, 0.25) is 0 Å². The minimum absolute atomic E-state index is 0.0744. The van der Waals surface area contributed by atoms with Crippen molar-refractivity contribution in [2.24, 2.45) is 5.92 Å². The second-order valence-electron chi connectivity index (χ2n) is 6.34. The summed E-state index contributed by atoms with van der Waals surface area (Å²) in [5.74, 6) is 0.692. The number of carbonyl (C=O) groups excluding carboxylic acids is 1. The van der Waals surface area contributed by atoms with E-state index in [1.54, 1.807) is 11.8 Å². The first-order valence-electron chi connectivity index (χ1n) is 7.04. The highest BCUT2D eigenvalue weighted by Gasteiger charge is 2.35. The van der Waals surface area contributed by atoms with Crippen LogP contribution in [-0.4, -0.2) is 23.2 Å². The number of anilines is 1. The number of amides is 1. The van der Waals surface area contributed by atoms with Crippen LogP contribution in [0, 0.1) is 5.92 Å². The van der Waals surface area contributed by atoms with E-state index in [0.29, 0.717) is 12.3 Å². The topological polar surface area (TPSA) is 49.8 Å². The number of hydrogen-bond donors (Lipinski definition) is 1. The molecule has 4 heteroatoms. The number of aliphatic hydroxyl groups excluding tert-OH is 1. The fraction of sp³-hybridized carbons (Fsp3) is 0.562. The highest BCUT2D eigenvalue weighted by Crippen LogP contribution is 2.39. The summed E-state index contributed by atoms with van der Waals surface area (Å²) in [6, 6.07) is 5.51. The number of rotatable bonds is 2. The lowest BCUT2D eigenvalue weighted by Gasteiger charge is -2.40. The number of hydrogen-bond acceptors (Lipinski definition) is 3. The van der Waals surface area contributed by atoms with Crippen molar-refractivity contribution in [2.75, 3.05) is 11.4 Å². The molecule has 1 aliphatic rings. The quantitative estimate of drug-likeness (QED) is 0.904. The molecule has 0 bridgehead atoms. The summed E-state index contributed by atoms with van der Waals surface area (Å²) in [5.41, 5.74) is 1.12. The lowest BCUT2D eigenvalue weighted by atomic mass is 10.0. The molecular weight excluding hydrogens is 254 g/mol. The monoisotopic (exact) mass is 277 g/mol. The Morgan fingerprint density at radius 1 is 1.35 bits per heavy atom. The normalized spacial score (nSPS) is 18.4. The number of ether oxygens (including phenoxy) is 1. The average Bonchev–Trinajstić information content (AvgIpc) is 2.35. The fourth-order valence-corrected chi connectivity index (χ4v) is 2.40. The second-order valence-corrected chi connectivity index (χ2v) is 6.34. The van der Waals surface area contributed by atoms with Crippen molar-refractivity contribution in [3.8, 4) is 5.75 Å². The van der Waals surface area contributed by atoms with E-state index in [1.165, 1.54) is 0 Å². The molecule has 0 fully saturated rings. The number of nitrogens with zero attached hydrogens (tertiary/aromatic N) is 1. The van der Waals surface area contributed by atoms with Gasteiger partial charge >= 0.3 is 0 Å². The van der Waals surface area contributed by atoms with Crippen LogP contribution in [0.15, 0.2) is 18.2 Å². The highest BCUT2D eigenvalue weighted by molar-refractivity contribution is 5.96. The number of fused-ring (bicyclic) bond motifs is 1. The van der Waals surface area contributed by atoms with Crippen LogP contribution in [0.1, 0.15) is 46.3 Å². The molecule has 110 valence electrons. The number of benzene rings is 1. The molecule has 1 aliphatic heterocycles. The van der Waals surface area contributed by atoms with Crippen molar-refractivity contribution in [1.29, 1.82) is 0 Å². The van der Waals surface area contributed by atoms with Crippen molar-refractivity contribution >= 4 is 11.6 Å². The number of aliphatic hydroxyl groups is 1. The minimum Gasteiger partial charge on any atom is -0.484 e. The van der Waals surface area contributed by atoms with Gasteiger partial charge in [0.05, 0.1) is 18.3 Å². The van der Waals surface area contributed by atoms with Crippen LogP contribution in [-0.2, 0) is 4.79 Å². The molecule has 2 rings (SSSR count). The Balaban J connectivity index is 2.49. The molecule has 1 unspecified atom stereocenters. The lowest BCUT2D eigenvalue weighted by molar-refractivity contribution is -0.122. The summed E-state index contributed by atoms with van der Waals surface area (Å²) >= 11 is 0. The standard InChI is InChI=1S/C16H23NO3/c1-10(2)15(19)17-9-16(4,5)20-14-7-6-12(11(3)18)8-13(14)17/h6-8,10-11,18H,9H2,1-5H3. The zero-order chi connectivity index (χ0) is 15.1. The molecule has 0 saturated heterocycles. The largest absolute Gasteiger partial charge is 0.484 e. The minimum atomic E-state index is -0.564. The van der Waals surface area contributed by atoms with Crippen LogP contribution < -0.4 is 9.64 Å². The first kappa shape index (κ1) is 14.9. The molecule has 20 heavy (non-hydrogen) atoms.